The number of nitrogens with zero attached hydrogens (tertiary/aromatic N) is 2. The Kier molecular flexibility index (Phi) is 5.99. The first-order valence-electron chi connectivity index (χ1n) is 7.20. The number of hydrogen-bond acceptors (Lipinski definition) is 4. The molecule has 6 heteroatoms. The Balaban J connectivity index is 1.78. The molecule has 1 aromatic carbocycles. The van der Waals surface area contributed by atoms with E-state index in [9.17, 15) is 9.59 Å². The fourth-order valence-corrected chi connectivity index (χ4v) is 1.83. The summed E-state index contributed by atoms with van der Waals surface area (Å²) in [5.41, 5.74) is 4.20. The van der Waals surface area contributed by atoms with Crippen LogP contribution in [-0.2, 0) is 11.3 Å². The monoisotopic (exact) mass is 310 g/mol. The van der Waals surface area contributed by atoms with E-state index in [4.69, 9.17) is 0 Å². The van der Waals surface area contributed by atoms with Crippen molar-refractivity contribution in [3.63, 3.8) is 0 Å². The zero-order chi connectivity index (χ0) is 16.5. The van der Waals surface area contributed by atoms with Gasteiger partial charge in [-0.25, -0.2) is 5.43 Å². The number of hydrogen-bond donors (Lipinski definition) is 2. The number of amides is 2. The van der Waals surface area contributed by atoms with Crippen LogP contribution in [0, 0.1) is 0 Å². The third-order valence-electron chi connectivity index (χ3n) is 2.99. The van der Waals surface area contributed by atoms with Gasteiger partial charge in [-0.2, -0.15) is 5.10 Å². The summed E-state index contributed by atoms with van der Waals surface area (Å²) >= 11 is 0. The molecule has 0 saturated carbocycles. The quantitative estimate of drug-likeness (QED) is 0.631. The van der Waals surface area contributed by atoms with Crippen molar-refractivity contribution < 1.29 is 9.59 Å². The van der Waals surface area contributed by atoms with Crippen molar-refractivity contribution >= 4 is 17.5 Å². The van der Waals surface area contributed by atoms with Crippen molar-refractivity contribution in [1.82, 2.24) is 15.7 Å². The molecule has 0 aliphatic carbocycles. The van der Waals surface area contributed by atoms with Gasteiger partial charge in [0.15, 0.2) is 0 Å². The van der Waals surface area contributed by atoms with E-state index in [2.05, 4.69) is 20.8 Å². The molecule has 0 atom stereocenters. The highest BCUT2D eigenvalue weighted by Crippen LogP contribution is 1.98. The minimum atomic E-state index is -0.408. The molecule has 2 aromatic rings. The highest BCUT2D eigenvalue weighted by atomic mass is 16.2. The van der Waals surface area contributed by atoms with E-state index in [0.717, 1.165) is 5.56 Å². The van der Waals surface area contributed by atoms with Crippen molar-refractivity contribution in [2.45, 2.75) is 19.9 Å². The molecule has 6 nitrogen and oxygen atoms in total. The van der Waals surface area contributed by atoms with E-state index >= 15 is 0 Å². The number of hydrazone groups is 1. The van der Waals surface area contributed by atoms with E-state index in [1.807, 2.05) is 30.3 Å². The highest BCUT2D eigenvalue weighted by Gasteiger charge is 2.07. The molecule has 2 N–H and O–H groups in total. The third kappa shape index (κ3) is 5.70. The van der Waals surface area contributed by atoms with Crippen LogP contribution < -0.4 is 10.7 Å². The minimum absolute atomic E-state index is 0.120. The molecule has 0 bridgehead atoms. The van der Waals surface area contributed by atoms with Gasteiger partial charge in [0, 0.05) is 18.5 Å². The topological polar surface area (TPSA) is 83.5 Å². The molecule has 0 fully saturated rings. The number of carbonyl (C=O) groups excluding carboxylic acids is 2. The van der Waals surface area contributed by atoms with E-state index < -0.39 is 5.91 Å². The van der Waals surface area contributed by atoms with Gasteiger partial charge in [0.2, 0.25) is 5.91 Å². The van der Waals surface area contributed by atoms with Crippen LogP contribution >= 0.6 is 0 Å². The Morgan fingerprint density at radius 2 is 1.83 bits per heavy atom. The Labute approximate surface area is 134 Å². The Bertz CT molecular complexity index is 684. The normalized spacial score (nSPS) is 10.9. The van der Waals surface area contributed by atoms with Crippen LogP contribution in [0.15, 0.2) is 59.8 Å². The molecule has 0 saturated heterocycles. The summed E-state index contributed by atoms with van der Waals surface area (Å²) in [5, 5.41) is 6.72. The molecule has 23 heavy (non-hydrogen) atoms. The van der Waals surface area contributed by atoms with Gasteiger partial charge in [-0.05, 0) is 24.6 Å². The van der Waals surface area contributed by atoms with E-state index in [-0.39, 0.29) is 18.0 Å². The molecule has 2 amide bonds. The van der Waals surface area contributed by atoms with E-state index in [0.29, 0.717) is 12.3 Å². The zero-order valence-corrected chi connectivity index (χ0v) is 12.8. The third-order valence-corrected chi connectivity index (χ3v) is 2.99. The molecule has 1 aromatic heterocycles. The molecular weight excluding hydrogens is 292 g/mol. The van der Waals surface area contributed by atoms with Crippen molar-refractivity contribution in [2.24, 2.45) is 5.10 Å². The number of carbonyl (C=O) groups is 2. The summed E-state index contributed by atoms with van der Waals surface area (Å²) in [6.45, 7) is 2.15. The summed E-state index contributed by atoms with van der Waals surface area (Å²) in [4.78, 5) is 27.5. The summed E-state index contributed by atoms with van der Waals surface area (Å²) in [5.74, 6) is -0.558. The van der Waals surface area contributed by atoms with Crippen LogP contribution in [0.4, 0.5) is 0 Å². The molecule has 0 radical (unpaired) electrons. The summed E-state index contributed by atoms with van der Waals surface area (Å²) < 4.78 is 0. The summed E-state index contributed by atoms with van der Waals surface area (Å²) in [6.07, 6.45) is 1.65. The van der Waals surface area contributed by atoms with Crippen molar-refractivity contribution in [2.75, 3.05) is 0 Å². The minimum Gasteiger partial charge on any atom is -0.352 e. The van der Waals surface area contributed by atoms with Gasteiger partial charge in [0.25, 0.3) is 5.91 Å². The maximum absolute atomic E-state index is 11.8. The second kappa shape index (κ2) is 8.43. The Hall–Kier alpha value is -3.02. The van der Waals surface area contributed by atoms with Crippen LogP contribution in [0.25, 0.3) is 0 Å². The molecule has 0 aliphatic rings. The summed E-state index contributed by atoms with van der Waals surface area (Å²) in [7, 11) is 0. The fourth-order valence-electron chi connectivity index (χ4n) is 1.83. The van der Waals surface area contributed by atoms with Crippen LogP contribution in [0.1, 0.15) is 29.4 Å². The summed E-state index contributed by atoms with van der Waals surface area (Å²) in [6, 6.07) is 14.7. The molecule has 1 heterocycles. The van der Waals surface area contributed by atoms with Crippen LogP contribution in [-0.4, -0.2) is 22.5 Å². The lowest BCUT2D eigenvalue weighted by atomic mass is 10.2. The van der Waals surface area contributed by atoms with E-state index in [1.54, 1.807) is 25.1 Å². The second-order valence-corrected chi connectivity index (χ2v) is 4.94. The van der Waals surface area contributed by atoms with Gasteiger partial charge in [-0.3, -0.25) is 14.6 Å². The van der Waals surface area contributed by atoms with Gasteiger partial charge in [0.05, 0.1) is 6.42 Å². The smallest absolute Gasteiger partial charge is 0.289 e. The maximum atomic E-state index is 11.8. The lowest BCUT2D eigenvalue weighted by Gasteiger charge is -2.05. The number of pyridine rings is 1. The van der Waals surface area contributed by atoms with Crippen molar-refractivity contribution in [1.29, 1.82) is 0 Å². The van der Waals surface area contributed by atoms with E-state index in [1.165, 1.54) is 6.20 Å². The van der Waals surface area contributed by atoms with Crippen LogP contribution in [0.2, 0.25) is 0 Å². The van der Waals surface area contributed by atoms with Crippen molar-refractivity contribution in [3.8, 4) is 0 Å². The SMILES string of the molecule is CC(CC(=O)NCc1ccccc1)=NNC(=O)c1ccccn1. The first kappa shape index (κ1) is 16.4. The Morgan fingerprint density at radius 1 is 1.09 bits per heavy atom. The highest BCUT2D eigenvalue weighted by molar-refractivity contribution is 6.00. The largest absolute Gasteiger partial charge is 0.352 e. The second-order valence-electron chi connectivity index (χ2n) is 4.94. The van der Waals surface area contributed by atoms with Gasteiger partial charge < -0.3 is 5.32 Å². The fraction of sp³-hybridized carbons (Fsp3) is 0.176. The predicted molar refractivity (Wildman–Crippen MR) is 87.7 cm³/mol. The first-order chi connectivity index (χ1) is 11.1. The van der Waals surface area contributed by atoms with Gasteiger partial charge in [0.1, 0.15) is 5.69 Å². The van der Waals surface area contributed by atoms with Crippen molar-refractivity contribution in [3.05, 3.63) is 66.0 Å². The molecule has 2 rings (SSSR count). The van der Waals surface area contributed by atoms with Crippen LogP contribution in [0.3, 0.4) is 0 Å². The molecule has 0 spiro atoms. The number of benzene rings is 1. The maximum Gasteiger partial charge on any atom is 0.289 e. The molecular formula is C17H18N4O2. The van der Waals surface area contributed by atoms with Gasteiger partial charge in [-0.15, -0.1) is 0 Å². The lowest BCUT2D eigenvalue weighted by Crippen LogP contribution is -2.26. The number of aromatic nitrogens is 1. The Morgan fingerprint density at radius 3 is 2.52 bits per heavy atom. The lowest BCUT2D eigenvalue weighted by molar-refractivity contribution is -0.120. The van der Waals surface area contributed by atoms with Crippen LogP contribution in [0.5, 0.6) is 0 Å². The van der Waals surface area contributed by atoms with Gasteiger partial charge >= 0.3 is 0 Å². The standard InChI is InChI=1S/C17H18N4O2/c1-13(20-21-17(23)15-9-5-6-10-18-15)11-16(22)19-12-14-7-3-2-4-8-14/h2-10H,11-12H2,1H3,(H,19,22)(H,21,23). The zero-order valence-electron chi connectivity index (χ0n) is 12.8. The van der Waals surface area contributed by atoms with Gasteiger partial charge in [-0.1, -0.05) is 36.4 Å². The predicted octanol–water partition coefficient (Wildman–Crippen LogP) is 1.89. The first-order valence-corrected chi connectivity index (χ1v) is 7.20. The average Bonchev–Trinajstić information content (AvgIpc) is 2.59. The molecule has 118 valence electrons. The average molecular weight is 310 g/mol. The number of nitrogens with one attached hydrogen (secondary N) is 2. The number of rotatable bonds is 6. The molecule has 0 unspecified atom stereocenters. The molecule has 0 aliphatic heterocycles.